The zero-order valence-electron chi connectivity index (χ0n) is 12.9. The van der Waals surface area contributed by atoms with Crippen molar-refractivity contribution in [2.24, 2.45) is 11.1 Å². The first-order valence-corrected chi connectivity index (χ1v) is 8.90. The number of rotatable bonds is 4. The lowest BCUT2D eigenvalue weighted by molar-refractivity contribution is -0.142. The van der Waals surface area contributed by atoms with E-state index < -0.39 is 15.6 Å². The molecule has 0 spiro atoms. The molecule has 1 heterocycles. The Morgan fingerprint density at radius 1 is 1.14 bits per heavy atom. The maximum absolute atomic E-state index is 12.7. The van der Waals surface area contributed by atoms with Gasteiger partial charge >= 0.3 is 0 Å². The Balaban J connectivity index is 2.00. The van der Waals surface area contributed by atoms with Crippen LogP contribution in [-0.2, 0) is 15.0 Å². The number of nitrogens with two attached hydrogens (primary N) is 1. The second kappa shape index (κ2) is 6.20. The molecule has 1 aliphatic heterocycles. The molecule has 0 aromatic carbocycles. The number of nitrogens with zero attached hydrogens (tertiary/aromatic N) is 3. The summed E-state index contributed by atoms with van der Waals surface area (Å²) in [6.45, 7) is 2.00. The molecule has 0 radical (unpaired) electrons. The van der Waals surface area contributed by atoms with E-state index in [4.69, 9.17) is 5.73 Å². The Bertz CT molecular complexity index is 478. The molecule has 0 aromatic heterocycles. The fraction of sp³-hybridized carbons (Fsp3) is 0.923. The summed E-state index contributed by atoms with van der Waals surface area (Å²) in [5.74, 6) is 0.115. The molecule has 0 unspecified atom stereocenters. The maximum atomic E-state index is 12.7. The van der Waals surface area contributed by atoms with Crippen LogP contribution in [0.2, 0.25) is 0 Å². The summed E-state index contributed by atoms with van der Waals surface area (Å²) in [4.78, 5) is 14.5. The summed E-state index contributed by atoms with van der Waals surface area (Å²) in [7, 11) is -0.340. The lowest BCUT2D eigenvalue weighted by Gasteiger charge is -2.39. The smallest absolute Gasteiger partial charge is 0.281 e. The van der Waals surface area contributed by atoms with E-state index in [2.05, 4.69) is 0 Å². The van der Waals surface area contributed by atoms with E-state index in [1.807, 2.05) is 0 Å². The molecule has 122 valence electrons. The van der Waals surface area contributed by atoms with Crippen LogP contribution < -0.4 is 5.73 Å². The van der Waals surface area contributed by atoms with E-state index in [0.29, 0.717) is 32.7 Å². The van der Waals surface area contributed by atoms with Gasteiger partial charge in [0.2, 0.25) is 5.91 Å². The first-order valence-electron chi connectivity index (χ1n) is 7.50. The Labute approximate surface area is 127 Å². The van der Waals surface area contributed by atoms with Crippen LogP contribution >= 0.6 is 0 Å². The molecule has 2 aliphatic rings. The van der Waals surface area contributed by atoms with Crippen LogP contribution in [0.25, 0.3) is 0 Å². The van der Waals surface area contributed by atoms with Crippen molar-refractivity contribution in [2.45, 2.75) is 25.7 Å². The highest BCUT2D eigenvalue weighted by Gasteiger charge is 2.43. The molecular weight excluding hydrogens is 292 g/mol. The van der Waals surface area contributed by atoms with Crippen LogP contribution in [-0.4, -0.2) is 74.7 Å². The lowest BCUT2D eigenvalue weighted by Crippen LogP contribution is -2.56. The molecule has 2 fully saturated rings. The molecule has 2 rings (SSSR count). The number of hydrogen-bond acceptors (Lipinski definition) is 4. The zero-order valence-corrected chi connectivity index (χ0v) is 13.7. The molecule has 8 heteroatoms. The van der Waals surface area contributed by atoms with E-state index in [1.54, 1.807) is 4.90 Å². The molecule has 1 amide bonds. The Hall–Kier alpha value is -0.700. The van der Waals surface area contributed by atoms with Gasteiger partial charge in [0.05, 0.1) is 5.41 Å². The van der Waals surface area contributed by atoms with Gasteiger partial charge in [-0.3, -0.25) is 4.79 Å². The predicted molar refractivity (Wildman–Crippen MR) is 80.7 cm³/mol. The van der Waals surface area contributed by atoms with Gasteiger partial charge in [-0.25, -0.2) is 0 Å². The van der Waals surface area contributed by atoms with Crippen LogP contribution in [0.1, 0.15) is 25.7 Å². The van der Waals surface area contributed by atoms with Gasteiger partial charge in [-0.15, -0.1) is 0 Å². The maximum Gasteiger partial charge on any atom is 0.281 e. The minimum atomic E-state index is -3.38. The van der Waals surface area contributed by atoms with Gasteiger partial charge < -0.3 is 10.6 Å². The number of hydrogen-bond donors (Lipinski definition) is 1. The van der Waals surface area contributed by atoms with Crippen molar-refractivity contribution >= 4 is 16.1 Å². The summed E-state index contributed by atoms with van der Waals surface area (Å²) in [6, 6.07) is 0. The monoisotopic (exact) mass is 318 g/mol. The van der Waals surface area contributed by atoms with Crippen molar-refractivity contribution in [1.29, 1.82) is 0 Å². The third-order valence-electron chi connectivity index (χ3n) is 4.72. The lowest BCUT2D eigenvalue weighted by atomic mass is 9.84. The van der Waals surface area contributed by atoms with Gasteiger partial charge in [-0.1, -0.05) is 12.8 Å². The van der Waals surface area contributed by atoms with E-state index >= 15 is 0 Å². The largest absolute Gasteiger partial charge is 0.340 e. The average Bonchev–Trinajstić information content (AvgIpc) is 2.96. The molecular formula is C13H26N4O3S. The van der Waals surface area contributed by atoms with Gasteiger partial charge in [0, 0.05) is 46.8 Å². The van der Waals surface area contributed by atoms with Crippen molar-refractivity contribution in [3.8, 4) is 0 Å². The van der Waals surface area contributed by atoms with Gasteiger partial charge in [0.25, 0.3) is 10.2 Å². The van der Waals surface area contributed by atoms with Crippen LogP contribution in [0.4, 0.5) is 0 Å². The van der Waals surface area contributed by atoms with Crippen molar-refractivity contribution in [2.75, 3.05) is 46.8 Å². The number of piperazine rings is 1. The second-order valence-electron chi connectivity index (χ2n) is 6.17. The number of amides is 1. The van der Waals surface area contributed by atoms with E-state index in [0.717, 1.165) is 25.7 Å². The first-order chi connectivity index (χ1) is 9.83. The quantitative estimate of drug-likeness (QED) is 0.754. The van der Waals surface area contributed by atoms with Gasteiger partial charge in [-0.05, 0) is 12.8 Å². The second-order valence-corrected chi connectivity index (χ2v) is 8.32. The minimum Gasteiger partial charge on any atom is -0.340 e. The van der Waals surface area contributed by atoms with E-state index in [9.17, 15) is 13.2 Å². The molecule has 0 bridgehead atoms. The van der Waals surface area contributed by atoms with Crippen molar-refractivity contribution in [1.82, 2.24) is 13.5 Å². The standard InChI is InChI=1S/C13H26N4O3S/c1-15(2)21(19,20)17-9-7-16(8-10-17)12(18)13(11-14)5-3-4-6-13/h3-11,14H2,1-2H3. The minimum absolute atomic E-state index is 0.115. The predicted octanol–water partition coefficient (Wildman–Crippen LogP) is -0.544. The Morgan fingerprint density at radius 2 is 1.67 bits per heavy atom. The first kappa shape index (κ1) is 16.7. The molecule has 0 atom stereocenters. The average molecular weight is 318 g/mol. The van der Waals surface area contributed by atoms with Gasteiger partial charge in [0.15, 0.2) is 0 Å². The van der Waals surface area contributed by atoms with Crippen molar-refractivity contribution < 1.29 is 13.2 Å². The van der Waals surface area contributed by atoms with Gasteiger partial charge in [-0.2, -0.15) is 17.0 Å². The summed E-state index contributed by atoms with van der Waals surface area (Å²) < 4.78 is 26.8. The fourth-order valence-corrected chi connectivity index (χ4v) is 4.33. The highest BCUT2D eigenvalue weighted by molar-refractivity contribution is 7.86. The zero-order chi connectivity index (χ0) is 15.7. The summed E-state index contributed by atoms with van der Waals surface area (Å²) in [6.07, 6.45) is 3.83. The molecule has 1 saturated carbocycles. The molecule has 1 aliphatic carbocycles. The Kier molecular flexibility index (Phi) is 4.92. The molecule has 7 nitrogen and oxygen atoms in total. The van der Waals surface area contributed by atoms with E-state index in [1.165, 1.54) is 22.7 Å². The Morgan fingerprint density at radius 3 is 2.10 bits per heavy atom. The third kappa shape index (κ3) is 3.08. The fourth-order valence-electron chi connectivity index (χ4n) is 3.25. The van der Waals surface area contributed by atoms with E-state index in [-0.39, 0.29) is 5.91 Å². The van der Waals surface area contributed by atoms with Gasteiger partial charge in [0.1, 0.15) is 0 Å². The van der Waals surface area contributed by atoms with Crippen LogP contribution in [0.15, 0.2) is 0 Å². The summed E-state index contributed by atoms with van der Waals surface area (Å²) in [5, 5.41) is 0. The number of carbonyl (C=O) groups is 1. The third-order valence-corrected chi connectivity index (χ3v) is 6.66. The van der Waals surface area contributed by atoms with Crippen molar-refractivity contribution in [3.63, 3.8) is 0 Å². The molecule has 1 saturated heterocycles. The number of carbonyl (C=O) groups excluding carboxylic acids is 1. The SMILES string of the molecule is CN(C)S(=O)(=O)N1CCN(C(=O)C2(CN)CCCC2)CC1. The molecule has 0 aromatic rings. The topological polar surface area (TPSA) is 87.0 Å². The summed E-state index contributed by atoms with van der Waals surface area (Å²) >= 11 is 0. The van der Waals surface area contributed by atoms with Crippen LogP contribution in [0.3, 0.4) is 0 Å². The highest BCUT2D eigenvalue weighted by Crippen LogP contribution is 2.39. The summed E-state index contributed by atoms with van der Waals surface area (Å²) in [5.41, 5.74) is 5.45. The van der Waals surface area contributed by atoms with Crippen LogP contribution in [0, 0.1) is 5.41 Å². The molecule has 21 heavy (non-hydrogen) atoms. The van der Waals surface area contributed by atoms with Crippen molar-refractivity contribution in [3.05, 3.63) is 0 Å². The van der Waals surface area contributed by atoms with Crippen LogP contribution in [0.5, 0.6) is 0 Å². The highest BCUT2D eigenvalue weighted by atomic mass is 32.2. The normalized spacial score (nSPS) is 23.7. The molecule has 2 N–H and O–H groups in total.